The SMILES string of the molecule is CN(C)c1ccc(C(=O)OCC(=O)N2CCN(c3ncccn3)CC2)cc1. The molecule has 0 saturated carbocycles. The summed E-state index contributed by atoms with van der Waals surface area (Å²) in [6, 6.07) is 8.83. The van der Waals surface area contributed by atoms with Crippen LogP contribution < -0.4 is 9.80 Å². The largest absolute Gasteiger partial charge is 0.452 e. The molecule has 27 heavy (non-hydrogen) atoms. The van der Waals surface area contributed by atoms with Crippen LogP contribution in [0.15, 0.2) is 42.7 Å². The third kappa shape index (κ3) is 4.72. The van der Waals surface area contributed by atoms with E-state index in [1.54, 1.807) is 35.5 Å². The van der Waals surface area contributed by atoms with Gasteiger partial charge in [-0.3, -0.25) is 4.79 Å². The lowest BCUT2D eigenvalue weighted by atomic mass is 10.2. The maximum Gasteiger partial charge on any atom is 0.338 e. The molecule has 8 heteroatoms. The number of esters is 1. The molecule has 3 rings (SSSR count). The van der Waals surface area contributed by atoms with Gasteiger partial charge in [0, 0.05) is 58.4 Å². The van der Waals surface area contributed by atoms with Gasteiger partial charge in [-0.15, -0.1) is 0 Å². The molecule has 2 heterocycles. The summed E-state index contributed by atoms with van der Waals surface area (Å²) in [5, 5.41) is 0. The molecule has 1 aromatic heterocycles. The molecule has 0 atom stereocenters. The van der Waals surface area contributed by atoms with E-state index in [9.17, 15) is 9.59 Å². The monoisotopic (exact) mass is 369 g/mol. The van der Waals surface area contributed by atoms with Crippen molar-refractivity contribution in [3.63, 3.8) is 0 Å². The average Bonchev–Trinajstić information content (AvgIpc) is 2.72. The van der Waals surface area contributed by atoms with Crippen molar-refractivity contribution < 1.29 is 14.3 Å². The summed E-state index contributed by atoms with van der Waals surface area (Å²) in [7, 11) is 3.85. The number of aromatic nitrogens is 2. The van der Waals surface area contributed by atoms with Crippen molar-refractivity contribution in [2.24, 2.45) is 0 Å². The summed E-state index contributed by atoms with van der Waals surface area (Å²) in [5.41, 5.74) is 1.42. The number of hydrogen-bond donors (Lipinski definition) is 0. The fraction of sp³-hybridized carbons (Fsp3) is 0.368. The van der Waals surface area contributed by atoms with Gasteiger partial charge >= 0.3 is 5.97 Å². The van der Waals surface area contributed by atoms with E-state index >= 15 is 0 Å². The Hall–Kier alpha value is -3.16. The Morgan fingerprint density at radius 1 is 1.04 bits per heavy atom. The van der Waals surface area contributed by atoms with Gasteiger partial charge in [0.15, 0.2) is 6.61 Å². The lowest BCUT2D eigenvalue weighted by molar-refractivity contribution is -0.134. The molecule has 142 valence electrons. The number of anilines is 2. The zero-order chi connectivity index (χ0) is 19.2. The van der Waals surface area contributed by atoms with Crippen LogP contribution in [0.4, 0.5) is 11.6 Å². The number of carbonyl (C=O) groups excluding carboxylic acids is 2. The molecule has 0 N–H and O–H groups in total. The highest BCUT2D eigenvalue weighted by Crippen LogP contribution is 2.13. The van der Waals surface area contributed by atoms with Crippen molar-refractivity contribution in [1.82, 2.24) is 14.9 Å². The maximum atomic E-state index is 12.3. The fourth-order valence-corrected chi connectivity index (χ4v) is 2.81. The van der Waals surface area contributed by atoms with Crippen molar-refractivity contribution >= 4 is 23.5 Å². The molecule has 0 aliphatic carbocycles. The predicted octanol–water partition coefficient (Wildman–Crippen LogP) is 1.05. The Balaban J connectivity index is 1.46. The average molecular weight is 369 g/mol. The molecule has 1 fully saturated rings. The van der Waals surface area contributed by atoms with Gasteiger partial charge in [0.1, 0.15) is 0 Å². The van der Waals surface area contributed by atoms with Crippen LogP contribution in [-0.2, 0) is 9.53 Å². The van der Waals surface area contributed by atoms with Crippen molar-refractivity contribution in [3.8, 4) is 0 Å². The number of benzene rings is 1. The Morgan fingerprint density at radius 3 is 2.26 bits per heavy atom. The Bertz CT molecular complexity index is 772. The zero-order valence-electron chi connectivity index (χ0n) is 15.5. The summed E-state index contributed by atoms with van der Waals surface area (Å²) in [4.78, 5) is 38.5. The van der Waals surface area contributed by atoms with Crippen LogP contribution in [0.3, 0.4) is 0 Å². The number of amides is 1. The summed E-state index contributed by atoms with van der Waals surface area (Å²) in [6.07, 6.45) is 3.40. The summed E-state index contributed by atoms with van der Waals surface area (Å²) in [5.74, 6) is -0.0240. The maximum absolute atomic E-state index is 12.3. The highest BCUT2D eigenvalue weighted by molar-refractivity contribution is 5.91. The minimum atomic E-state index is -0.495. The molecule has 1 aliphatic heterocycles. The number of rotatable bonds is 5. The molecule has 1 aliphatic rings. The number of ether oxygens (including phenoxy) is 1. The van der Waals surface area contributed by atoms with E-state index in [2.05, 4.69) is 9.97 Å². The molecule has 1 aromatic carbocycles. The molecule has 8 nitrogen and oxygen atoms in total. The van der Waals surface area contributed by atoms with Gasteiger partial charge < -0.3 is 19.4 Å². The van der Waals surface area contributed by atoms with Crippen LogP contribution in [0.5, 0.6) is 0 Å². The van der Waals surface area contributed by atoms with E-state index in [1.165, 1.54) is 0 Å². The van der Waals surface area contributed by atoms with Gasteiger partial charge in [-0.05, 0) is 30.3 Å². The Morgan fingerprint density at radius 2 is 1.67 bits per heavy atom. The first-order valence-corrected chi connectivity index (χ1v) is 8.79. The van der Waals surface area contributed by atoms with Gasteiger partial charge in [-0.1, -0.05) is 0 Å². The lowest BCUT2D eigenvalue weighted by Crippen LogP contribution is -2.50. The smallest absolute Gasteiger partial charge is 0.338 e. The van der Waals surface area contributed by atoms with Gasteiger partial charge in [-0.25, -0.2) is 14.8 Å². The molecule has 2 aromatic rings. The number of nitrogens with zero attached hydrogens (tertiary/aromatic N) is 5. The fourth-order valence-electron chi connectivity index (χ4n) is 2.81. The van der Waals surface area contributed by atoms with Crippen molar-refractivity contribution in [2.75, 3.05) is 56.7 Å². The summed E-state index contributed by atoms with van der Waals surface area (Å²) >= 11 is 0. The zero-order valence-corrected chi connectivity index (χ0v) is 15.5. The third-order valence-corrected chi connectivity index (χ3v) is 4.41. The van der Waals surface area contributed by atoms with Crippen LogP contribution in [0.2, 0.25) is 0 Å². The second-order valence-electron chi connectivity index (χ2n) is 6.43. The molecule has 0 radical (unpaired) electrons. The molecular weight excluding hydrogens is 346 g/mol. The molecule has 1 saturated heterocycles. The van der Waals surface area contributed by atoms with Crippen LogP contribution in [-0.4, -0.2) is 73.6 Å². The van der Waals surface area contributed by atoms with Gasteiger partial charge in [-0.2, -0.15) is 0 Å². The molecule has 0 unspecified atom stereocenters. The highest BCUT2D eigenvalue weighted by atomic mass is 16.5. The standard InChI is InChI=1S/C19H23N5O3/c1-22(2)16-6-4-15(5-7-16)18(26)27-14-17(25)23-10-12-24(13-11-23)19-20-8-3-9-21-19/h3-9H,10-14H2,1-2H3. The van der Waals surface area contributed by atoms with E-state index in [1.807, 2.05) is 36.0 Å². The number of carbonyl (C=O) groups is 2. The molecule has 0 bridgehead atoms. The first-order valence-electron chi connectivity index (χ1n) is 8.79. The van der Waals surface area contributed by atoms with Crippen molar-refractivity contribution in [1.29, 1.82) is 0 Å². The van der Waals surface area contributed by atoms with Crippen LogP contribution in [0.1, 0.15) is 10.4 Å². The number of piperazine rings is 1. The van der Waals surface area contributed by atoms with E-state index < -0.39 is 5.97 Å². The van der Waals surface area contributed by atoms with Crippen LogP contribution in [0, 0.1) is 0 Å². The lowest BCUT2D eigenvalue weighted by Gasteiger charge is -2.34. The van der Waals surface area contributed by atoms with Gasteiger partial charge in [0.25, 0.3) is 5.91 Å². The minimum Gasteiger partial charge on any atom is -0.452 e. The number of hydrogen-bond acceptors (Lipinski definition) is 7. The topological polar surface area (TPSA) is 78.9 Å². The van der Waals surface area contributed by atoms with E-state index in [0.717, 1.165) is 5.69 Å². The first-order chi connectivity index (χ1) is 13.0. The van der Waals surface area contributed by atoms with Gasteiger partial charge in [0.2, 0.25) is 5.95 Å². The molecule has 0 spiro atoms. The molecule has 1 amide bonds. The first kappa shape index (κ1) is 18.6. The third-order valence-electron chi connectivity index (χ3n) is 4.41. The Labute approximate surface area is 158 Å². The highest BCUT2D eigenvalue weighted by Gasteiger charge is 2.23. The van der Waals surface area contributed by atoms with Crippen molar-refractivity contribution in [2.45, 2.75) is 0 Å². The van der Waals surface area contributed by atoms with Crippen molar-refractivity contribution in [3.05, 3.63) is 48.3 Å². The summed E-state index contributed by atoms with van der Waals surface area (Å²) < 4.78 is 5.17. The quantitative estimate of drug-likeness (QED) is 0.729. The van der Waals surface area contributed by atoms with E-state index in [-0.39, 0.29) is 12.5 Å². The summed E-state index contributed by atoms with van der Waals surface area (Å²) in [6.45, 7) is 2.14. The van der Waals surface area contributed by atoms with Gasteiger partial charge in [0.05, 0.1) is 5.56 Å². The minimum absolute atomic E-state index is 0.193. The second-order valence-corrected chi connectivity index (χ2v) is 6.43. The molecular formula is C19H23N5O3. The van der Waals surface area contributed by atoms with E-state index in [0.29, 0.717) is 37.7 Å². The van der Waals surface area contributed by atoms with Crippen LogP contribution in [0.25, 0.3) is 0 Å². The normalized spacial score (nSPS) is 14.0. The Kier molecular flexibility index (Phi) is 5.85. The second kappa shape index (κ2) is 8.48. The predicted molar refractivity (Wildman–Crippen MR) is 102 cm³/mol. The van der Waals surface area contributed by atoms with Crippen LogP contribution >= 0.6 is 0 Å². The van der Waals surface area contributed by atoms with E-state index in [4.69, 9.17) is 4.74 Å².